The summed E-state index contributed by atoms with van der Waals surface area (Å²) in [7, 11) is 0. The monoisotopic (exact) mass is 350 g/mol. The number of aromatic nitrogens is 2. The molecule has 4 rings (SSSR count). The van der Waals surface area contributed by atoms with Crippen LogP contribution in [0.1, 0.15) is 26.7 Å². The number of rotatable bonds is 2. The van der Waals surface area contributed by atoms with Crippen molar-refractivity contribution in [3.05, 3.63) is 24.4 Å². The zero-order valence-electron chi connectivity index (χ0n) is 13.8. The van der Waals surface area contributed by atoms with E-state index in [0.717, 1.165) is 30.4 Å². The number of halogens is 1. The number of anilines is 1. The van der Waals surface area contributed by atoms with Crippen molar-refractivity contribution in [2.24, 2.45) is 17.1 Å². The maximum Gasteiger partial charge on any atom is 0.245 e. The number of nitrogens with zero attached hydrogens (tertiary/aromatic N) is 1. The summed E-state index contributed by atoms with van der Waals surface area (Å²) in [6.07, 6.45) is 3.70. The minimum atomic E-state index is -0.916. The van der Waals surface area contributed by atoms with Crippen LogP contribution in [0, 0.1) is 11.3 Å². The van der Waals surface area contributed by atoms with Gasteiger partial charge in [-0.15, -0.1) is 12.4 Å². The molecule has 7 heteroatoms. The number of fused-ring (bicyclic) bond motifs is 2. The Balaban J connectivity index is 0.00000169. The molecule has 2 fully saturated rings. The quantitative estimate of drug-likeness (QED) is 0.775. The molecule has 2 heterocycles. The number of aromatic amines is 1. The Kier molecular flexibility index (Phi) is 4.10. The summed E-state index contributed by atoms with van der Waals surface area (Å²) in [4.78, 5) is 13.0. The standard InChI is InChI=1S/C17H22N4O2.ClH/c1-16(2)14-11(6-4-8-23-14)17(16,18)15(22)20-12-7-3-5-10-9-19-21-13(10)12;/h3,5,7,9,11,14H,4,6,8,18H2,1-2H3,(H,19,21)(H,20,22);1H. The Morgan fingerprint density at radius 1 is 1.46 bits per heavy atom. The fraction of sp³-hybridized carbons (Fsp3) is 0.529. The zero-order valence-corrected chi connectivity index (χ0v) is 14.7. The number of nitrogens with two attached hydrogens (primary N) is 1. The smallest absolute Gasteiger partial charge is 0.245 e. The molecule has 3 unspecified atom stereocenters. The van der Waals surface area contributed by atoms with Gasteiger partial charge < -0.3 is 15.8 Å². The van der Waals surface area contributed by atoms with Crippen molar-refractivity contribution in [3.63, 3.8) is 0 Å². The first-order valence-corrected chi connectivity index (χ1v) is 8.10. The second kappa shape index (κ2) is 5.72. The molecule has 0 radical (unpaired) electrons. The molecule has 1 aliphatic carbocycles. The largest absolute Gasteiger partial charge is 0.377 e. The maximum absolute atomic E-state index is 13.0. The summed E-state index contributed by atoms with van der Waals surface area (Å²) in [5, 5.41) is 10.9. The lowest BCUT2D eigenvalue weighted by molar-refractivity contribution is -0.222. The number of benzene rings is 1. The molecule has 2 aromatic rings. The van der Waals surface area contributed by atoms with E-state index in [0.29, 0.717) is 5.69 Å². The highest BCUT2D eigenvalue weighted by Gasteiger charge is 2.70. The van der Waals surface area contributed by atoms with Gasteiger partial charge in [-0.05, 0) is 18.9 Å². The van der Waals surface area contributed by atoms with E-state index < -0.39 is 5.54 Å². The summed E-state index contributed by atoms with van der Waals surface area (Å²) >= 11 is 0. The normalized spacial score (nSPS) is 30.8. The van der Waals surface area contributed by atoms with Gasteiger partial charge in [-0.2, -0.15) is 5.10 Å². The van der Waals surface area contributed by atoms with Gasteiger partial charge in [0.25, 0.3) is 0 Å². The first kappa shape index (κ1) is 17.2. The van der Waals surface area contributed by atoms with Crippen LogP contribution in [0.25, 0.3) is 10.9 Å². The average molecular weight is 351 g/mol. The van der Waals surface area contributed by atoms with E-state index in [1.165, 1.54) is 0 Å². The van der Waals surface area contributed by atoms with E-state index in [4.69, 9.17) is 10.5 Å². The van der Waals surface area contributed by atoms with Crippen molar-refractivity contribution >= 4 is 34.9 Å². The van der Waals surface area contributed by atoms with Crippen molar-refractivity contribution in [1.82, 2.24) is 10.2 Å². The van der Waals surface area contributed by atoms with Crippen LogP contribution in [-0.4, -0.2) is 34.4 Å². The highest BCUT2D eigenvalue weighted by Crippen LogP contribution is 2.57. The van der Waals surface area contributed by atoms with Crippen molar-refractivity contribution < 1.29 is 9.53 Å². The maximum atomic E-state index is 13.0. The summed E-state index contributed by atoms with van der Waals surface area (Å²) in [5.41, 5.74) is 6.86. The van der Waals surface area contributed by atoms with Gasteiger partial charge in [0.05, 0.1) is 23.5 Å². The predicted molar refractivity (Wildman–Crippen MR) is 95.1 cm³/mol. The summed E-state index contributed by atoms with van der Waals surface area (Å²) in [6, 6.07) is 5.71. The van der Waals surface area contributed by atoms with E-state index in [2.05, 4.69) is 15.5 Å². The van der Waals surface area contributed by atoms with Crippen LogP contribution in [0.4, 0.5) is 5.69 Å². The third-order valence-corrected chi connectivity index (χ3v) is 5.79. The number of para-hydroxylation sites is 1. The van der Waals surface area contributed by atoms with Crippen LogP contribution >= 0.6 is 12.4 Å². The lowest BCUT2D eigenvalue weighted by atomic mass is 9.46. The van der Waals surface area contributed by atoms with Crippen LogP contribution in [0.15, 0.2) is 24.4 Å². The molecule has 130 valence electrons. The molecule has 1 aromatic carbocycles. The van der Waals surface area contributed by atoms with Crippen LogP contribution < -0.4 is 11.1 Å². The number of hydrogen-bond donors (Lipinski definition) is 3. The summed E-state index contributed by atoms with van der Waals surface area (Å²) in [5.74, 6) is -0.0661. The number of amides is 1. The molecule has 0 bridgehead atoms. The van der Waals surface area contributed by atoms with Crippen molar-refractivity contribution in [2.75, 3.05) is 11.9 Å². The lowest BCUT2D eigenvalue weighted by Crippen LogP contribution is -2.81. The van der Waals surface area contributed by atoms with Gasteiger partial charge in [0, 0.05) is 23.3 Å². The highest BCUT2D eigenvalue weighted by atomic mass is 35.5. The fourth-order valence-corrected chi connectivity index (χ4v) is 4.34. The number of nitrogens with one attached hydrogen (secondary N) is 2. The molecule has 24 heavy (non-hydrogen) atoms. The summed E-state index contributed by atoms with van der Waals surface area (Å²) in [6.45, 7) is 4.81. The SMILES string of the molecule is CC1(C)C2OCCCC2C1(N)C(=O)Nc1cccc2cn[nH]c12.Cl. The molecular formula is C17H23ClN4O2. The zero-order chi connectivity index (χ0) is 16.2. The van der Waals surface area contributed by atoms with Gasteiger partial charge in [-0.1, -0.05) is 26.0 Å². The van der Waals surface area contributed by atoms with Gasteiger partial charge in [-0.25, -0.2) is 0 Å². The lowest BCUT2D eigenvalue weighted by Gasteiger charge is -2.65. The van der Waals surface area contributed by atoms with E-state index in [1.54, 1.807) is 6.20 Å². The van der Waals surface area contributed by atoms with Crippen molar-refractivity contribution in [1.29, 1.82) is 0 Å². The van der Waals surface area contributed by atoms with Gasteiger partial charge in [0.1, 0.15) is 5.54 Å². The third kappa shape index (κ3) is 2.10. The topological polar surface area (TPSA) is 93.0 Å². The fourth-order valence-electron chi connectivity index (χ4n) is 4.34. The van der Waals surface area contributed by atoms with Gasteiger partial charge >= 0.3 is 0 Å². The average Bonchev–Trinajstić information content (AvgIpc) is 3.03. The predicted octanol–water partition coefficient (Wildman–Crippen LogP) is 2.46. The van der Waals surface area contributed by atoms with E-state index in [1.807, 2.05) is 32.0 Å². The number of ether oxygens (including phenoxy) is 1. The number of carbonyl (C=O) groups excluding carboxylic acids is 1. The van der Waals surface area contributed by atoms with Gasteiger partial charge in [-0.3, -0.25) is 9.89 Å². The molecule has 1 aromatic heterocycles. The second-order valence-corrected chi connectivity index (χ2v) is 7.22. The number of carbonyl (C=O) groups is 1. The van der Waals surface area contributed by atoms with Gasteiger partial charge in [0.2, 0.25) is 5.91 Å². The second-order valence-electron chi connectivity index (χ2n) is 7.22. The number of hydrogen-bond acceptors (Lipinski definition) is 4. The van der Waals surface area contributed by atoms with Crippen molar-refractivity contribution in [2.45, 2.75) is 38.3 Å². The Labute approximate surface area is 146 Å². The minimum absolute atomic E-state index is 0. The molecule has 1 amide bonds. The van der Waals surface area contributed by atoms with Crippen molar-refractivity contribution in [3.8, 4) is 0 Å². The van der Waals surface area contributed by atoms with Crippen LogP contribution in [0.3, 0.4) is 0 Å². The summed E-state index contributed by atoms with van der Waals surface area (Å²) < 4.78 is 5.87. The van der Waals surface area contributed by atoms with E-state index >= 15 is 0 Å². The molecule has 6 nitrogen and oxygen atoms in total. The van der Waals surface area contributed by atoms with E-state index in [-0.39, 0.29) is 35.8 Å². The molecule has 0 spiro atoms. The molecule has 3 atom stereocenters. The third-order valence-electron chi connectivity index (χ3n) is 5.79. The van der Waals surface area contributed by atoms with Gasteiger partial charge in [0.15, 0.2) is 0 Å². The molecule has 1 saturated carbocycles. The molecule has 1 saturated heterocycles. The first-order valence-electron chi connectivity index (χ1n) is 8.10. The van der Waals surface area contributed by atoms with Crippen LogP contribution in [0.2, 0.25) is 0 Å². The molecule has 2 aliphatic rings. The Morgan fingerprint density at radius 2 is 2.25 bits per heavy atom. The van der Waals surface area contributed by atoms with Crippen LogP contribution in [-0.2, 0) is 9.53 Å². The number of H-pyrrole nitrogens is 1. The Morgan fingerprint density at radius 3 is 3.04 bits per heavy atom. The molecule has 1 aliphatic heterocycles. The highest BCUT2D eigenvalue weighted by molar-refractivity contribution is 6.05. The first-order chi connectivity index (χ1) is 11.0. The Hall–Kier alpha value is -1.63. The van der Waals surface area contributed by atoms with Crippen LogP contribution in [0.5, 0.6) is 0 Å². The minimum Gasteiger partial charge on any atom is -0.377 e. The van der Waals surface area contributed by atoms with E-state index in [9.17, 15) is 4.79 Å². The molecular weight excluding hydrogens is 328 g/mol. The molecule has 4 N–H and O–H groups in total. The Bertz CT molecular complexity index is 775.